The number of hydrogen-bond donors (Lipinski definition) is 1. The number of carbonyl (C=O) groups is 1. The van der Waals surface area contributed by atoms with E-state index in [1.807, 2.05) is 6.07 Å². The summed E-state index contributed by atoms with van der Waals surface area (Å²) in [6.07, 6.45) is 2.47. The first-order valence-corrected chi connectivity index (χ1v) is 4.45. The van der Waals surface area contributed by atoms with E-state index in [2.05, 4.69) is 11.8 Å². The van der Waals surface area contributed by atoms with E-state index in [1.54, 1.807) is 24.6 Å². The first kappa shape index (κ1) is 10.4. The van der Waals surface area contributed by atoms with Crippen LogP contribution < -0.4 is 0 Å². The van der Waals surface area contributed by atoms with Crippen molar-refractivity contribution in [2.75, 3.05) is 0 Å². The zero-order valence-electron chi connectivity index (χ0n) is 8.37. The molecule has 1 heterocycles. The molecule has 0 aliphatic rings. The Bertz CT molecular complexity index is 393. The summed E-state index contributed by atoms with van der Waals surface area (Å²) in [5.74, 6) is 4.81. The van der Waals surface area contributed by atoms with Crippen molar-refractivity contribution in [3.05, 3.63) is 23.5 Å². The van der Waals surface area contributed by atoms with E-state index >= 15 is 0 Å². The molecule has 1 rings (SSSR count). The lowest BCUT2D eigenvalue weighted by atomic mass is 10.3. The van der Waals surface area contributed by atoms with Crippen LogP contribution in [0, 0.1) is 18.8 Å². The van der Waals surface area contributed by atoms with Gasteiger partial charge in [-0.15, -0.1) is 11.8 Å². The minimum atomic E-state index is -0.878. The highest BCUT2D eigenvalue weighted by atomic mass is 16.4. The number of aromatic nitrogens is 1. The summed E-state index contributed by atoms with van der Waals surface area (Å²) in [6.45, 7) is 4.21. The van der Waals surface area contributed by atoms with E-state index < -0.39 is 5.97 Å². The number of nitrogens with zero attached hydrogens (tertiary/aromatic N) is 1. The Hall–Kier alpha value is -1.69. The van der Waals surface area contributed by atoms with Crippen LogP contribution in [0.1, 0.15) is 29.4 Å². The molecule has 0 aromatic carbocycles. The van der Waals surface area contributed by atoms with Crippen molar-refractivity contribution in [2.45, 2.75) is 26.8 Å². The maximum atomic E-state index is 10.9. The van der Waals surface area contributed by atoms with Gasteiger partial charge in [0, 0.05) is 19.2 Å². The highest BCUT2D eigenvalue weighted by Crippen LogP contribution is 2.10. The van der Waals surface area contributed by atoms with Crippen LogP contribution in [-0.4, -0.2) is 15.6 Å². The van der Waals surface area contributed by atoms with Gasteiger partial charge < -0.3 is 9.67 Å². The molecule has 14 heavy (non-hydrogen) atoms. The predicted molar refractivity (Wildman–Crippen MR) is 54.2 cm³/mol. The van der Waals surface area contributed by atoms with Crippen LogP contribution in [0.3, 0.4) is 0 Å². The number of hydrogen-bond acceptors (Lipinski definition) is 1. The van der Waals surface area contributed by atoms with Gasteiger partial charge in [0.05, 0.1) is 0 Å². The Balaban J connectivity index is 2.84. The molecule has 1 aromatic heterocycles. The topological polar surface area (TPSA) is 42.2 Å². The lowest BCUT2D eigenvalue weighted by molar-refractivity contribution is 0.0684. The fourth-order valence-electron chi connectivity index (χ4n) is 1.36. The normalized spacial score (nSPS) is 9.29. The number of rotatable bonds is 3. The minimum absolute atomic E-state index is 0.364. The summed E-state index contributed by atoms with van der Waals surface area (Å²) in [7, 11) is 0. The monoisotopic (exact) mass is 191 g/mol. The highest BCUT2D eigenvalue weighted by molar-refractivity contribution is 5.87. The number of aryl methyl sites for hydroxylation is 2. The zero-order valence-corrected chi connectivity index (χ0v) is 8.37. The molecule has 0 spiro atoms. The largest absolute Gasteiger partial charge is 0.477 e. The Morgan fingerprint density at radius 1 is 1.64 bits per heavy atom. The van der Waals surface area contributed by atoms with Crippen molar-refractivity contribution in [1.29, 1.82) is 0 Å². The van der Waals surface area contributed by atoms with E-state index in [9.17, 15) is 4.79 Å². The second-order valence-corrected chi connectivity index (χ2v) is 3.02. The third-order valence-corrected chi connectivity index (χ3v) is 2.02. The molecule has 74 valence electrons. The Kier molecular flexibility index (Phi) is 3.35. The summed E-state index contributed by atoms with van der Waals surface area (Å²) in [5.41, 5.74) is 1.16. The van der Waals surface area contributed by atoms with E-state index in [1.165, 1.54) is 0 Å². The molecule has 0 fully saturated rings. The van der Waals surface area contributed by atoms with Crippen molar-refractivity contribution in [1.82, 2.24) is 4.57 Å². The second kappa shape index (κ2) is 4.52. The van der Waals surface area contributed by atoms with Gasteiger partial charge in [-0.05, 0) is 25.5 Å². The van der Waals surface area contributed by atoms with Crippen LogP contribution in [0.4, 0.5) is 0 Å². The molecule has 0 atom stereocenters. The zero-order chi connectivity index (χ0) is 10.6. The van der Waals surface area contributed by atoms with Crippen LogP contribution >= 0.6 is 0 Å². The summed E-state index contributed by atoms with van der Waals surface area (Å²) < 4.78 is 1.72. The van der Waals surface area contributed by atoms with E-state index in [-0.39, 0.29) is 0 Å². The molecule has 0 amide bonds. The molecule has 0 saturated heterocycles. The Labute approximate surface area is 83.4 Å². The average molecular weight is 191 g/mol. The van der Waals surface area contributed by atoms with Gasteiger partial charge >= 0.3 is 5.97 Å². The van der Waals surface area contributed by atoms with Crippen molar-refractivity contribution in [3.63, 3.8) is 0 Å². The lowest BCUT2D eigenvalue weighted by Gasteiger charge is -2.03. The van der Waals surface area contributed by atoms with Gasteiger partial charge in [-0.25, -0.2) is 4.79 Å². The molecule has 1 aromatic rings. The number of carboxylic acids is 1. The van der Waals surface area contributed by atoms with E-state index in [0.717, 1.165) is 5.56 Å². The molecule has 1 N–H and O–H groups in total. The van der Waals surface area contributed by atoms with Crippen LogP contribution in [0.5, 0.6) is 0 Å². The smallest absolute Gasteiger partial charge is 0.352 e. The molecule has 3 nitrogen and oxygen atoms in total. The van der Waals surface area contributed by atoms with E-state index in [4.69, 9.17) is 5.11 Å². The maximum absolute atomic E-state index is 10.9. The second-order valence-electron chi connectivity index (χ2n) is 3.02. The third kappa shape index (κ3) is 2.17. The summed E-state index contributed by atoms with van der Waals surface area (Å²) in [5, 5.41) is 8.94. The Morgan fingerprint density at radius 2 is 2.36 bits per heavy atom. The SMILES string of the molecule is CC#CCCn1ccc(C)c1C(=O)O. The molecule has 0 bridgehead atoms. The molecule has 3 heteroatoms. The minimum Gasteiger partial charge on any atom is -0.477 e. The molecule has 0 aliphatic heterocycles. The molecular weight excluding hydrogens is 178 g/mol. The van der Waals surface area contributed by atoms with Crippen molar-refractivity contribution in [2.24, 2.45) is 0 Å². The summed E-state index contributed by atoms with van der Waals surface area (Å²) >= 11 is 0. The van der Waals surface area contributed by atoms with Crippen LogP contribution in [0.15, 0.2) is 12.3 Å². The van der Waals surface area contributed by atoms with Gasteiger partial charge in [0.1, 0.15) is 5.69 Å². The third-order valence-electron chi connectivity index (χ3n) is 2.02. The molecule has 0 unspecified atom stereocenters. The lowest BCUT2D eigenvalue weighted by Crippen LogP contribution is -2.08. The fourth-order valence-corrected chi connectivity index (χ4v) is 1.36. The summed E-state index contributed by atoms with van der Waals surface area (Å²) in [4.78, 5) is 10.9. The van der Waals surface area contributed by atoms with Crippen molar-refractivity contribution in [3.8, 4) is 11.8 Å². The quantitative estimate of drug-likeness (QED) is 0.741. The van der Waals surface area contributed by atoms with Crippen molar-refractivity contribution < 1.29 is 9.90 Å². The number of aromatic carboxylic acids is 1. The fraction of sp³-hybridized carbons (Fsp3) is 0.364. The molecule has 0 radical (unpaired) electrons. The van der Waals surface area contributed by atoms with Crippen LogP contribution in [0.25, 0.3) is 0 Å². The van der Waals surface area contributed by atoms with Gasteiger partial charge in [0.25, 0.3) is 0 Å². The number of carboxylic acid groups (broad SMARTS) is 1. The Morgan fingerprint density at radius 3 is 2.93 bits per heavy atom. The molecule has 0 aliphatic carbocycles. The molecular formula is C11H13NO2. The van der Waals surface area contributed by atoms with Crippen LogP contribution in [0.2, 0.25) is 0 Å². The molecule has 0 saturated carbocycles. The highest BCUT2D eigenvalue weighted by Gasteiger charge is 2.11. The van der Waals surface area contributed by atoms with Gasteiger partial charge in [0.15, 0.2) is 0 Å². The van der Waals surface area contributed by atoms with Gasteiger partial charge in [0.2, 0.25) is 0 Å². The summed E-state index contributed by atoms with van der Waals surface area (Å²) in [6, 6.07) is 1.81. The van der Waals surface area contributed by atoms with Crippen LogP contribution in [-0.2, 0) is 6.54 Å². The average Bonchev–Trinajstić information content (AvgIpc) is 2.47. The van der Waals surface area contributed by atoms with Crippen molar-refractivity contribution >= 4 is 5.97 Å². The maximum Gasteiger partial charge on any atom is 0.352 e. The first-order valence-electron chi connectivity index (χ1n) is 4.45. The predicted octanol–water partition coefficient (Wildman–Crippen LogP) is 1.91. The van der Waals surface area contributed by atoms with E-state index in [0.29, 0.717) is 18.7 Å². The van der Waals surface area contributed by atoms with Gasteiger partial charge in [-0.3, -0.25) is 0 Å². The van der Waals surface area contributed by atoms with Gasteiger partial charge in [-0.1, -0.05) is 0 Å². The van der Waals surface area contributed by atoms with Gasteiger partial charge in [-0.2, -0.15) is 0 Å². The standard InChI is InChI=1S/C11H13NO2/c1-3-4-5-7-12-8-6-9(2)10(12)11(13)14/h6,8H,5,7H2,1-2H3,(H,13,14). The first-order chi connectivity index (χ1) is 6.66.